The largest absolute Gasteiger partial charge is 0.374 e. The van der Waals surface area contributed by atoms with E-state index in [9.17, 15) is 0 Å². The van der Waals surface area contributed by atoms with Crippen molar-refractivity contribution < 1.29 is 4.74 Å². The Kier molecular flexibility index (Phi) is 6.52. The Labute approximate surface area is 117 Å². The molecule has 4 nitrogen and oxygen atoms in total. The molecule has 0 amide bonds. The van der Waals surface area contributed by atoms with Gasteiger partial charge in [-0.25, -0.2) is 0 Å². The van der Waals surface area contributed by atoms with E-state index in [1.807, 2.05) is 6.20 Å². The van der Waals surface area contributed by atoms with Crippen LogP contribution in [0, 0.1) is 0 Å². The number of aromatic nitrogens is 2. The first-order chi connectivity index (χ1) is 8.98. The fourth-order valence-electron chi connectivity index (χ4n) is 1.94. The third-order valence-electron chi connectivity index (χ3n) is 2.87. The Hall–Kier alpha value is -0.870. The Bertz CT molecular complexity index is 355. The third-order valence-corrected chi connectivity index (χ3v) is 2.87. The molecule has 0 aromatic carbocycles. The van der Waals surface area contributed by atoms with Crippen LogP contribution in [-0.2, 0) is 11.3 Å². The van der Waals surface area contributed by atoms with Crippen LogP contribution in [-0.4, -0.2) is 28.5 Å². The molecule has 0 spiro atoms. The first-order valence-corrected chi connectivity index (χ1v) is 7.37. The highest BCUT2D eigenvalue weighted by molar-refractivity contribution is 5.07. The first kappa shape index (κ1) is 16.2. The normalized spacial score (nSPS) is 13.7. The molecule has 1 aromatic heterocycles. The van der Waals surface area contributed by atoms with E-state index in [-0.39, 0.29) is 11.6 Å². The molecule has 0 aliphatic heterocycles. The SMILES string of the molecule is CCCNC(COC(C)(C)C)c1ccnn1CCC. The van der Waals surface area contributed by atoms with Crippen molar-refractivity contribution >= 4 is 0 Å². The molecule has 4 heteroatoms. The molecular formula is C15H29N3O. The van der Waals surface area contributed by atoms with E-state index in [2.05, 4.69) is 55.8 Å². The first-order valence-electron chi connectivity index (χ1n) is 7.37. The van der Waals surface area contributed by atoms with Gasteiger partial charge >= 0.3 is 0 Å². The van der Waals surface area contributed by atoms with Crippen molar-refractivity contribution in [3.63, 3.8) is 0 Å². The Balaban J connectivity index is 2.74. The molecule has 1 unspecified atom stereocenters. The van der Waals surface area contributed by atoms with Gasteiger partial charge in [-0.15, -0.1) is 0 Å². The van der Waals surface area contributed by atoms with Crippen LogP contribution in [0.4, 0.5) is 0 Å². The summed E-state index contributed by atoms with van der Waals surface area (Å²) in [4.78, 5) is 0. The highest BCUT2D eigenvalue weighted by Crippen LogP contribution is 2.17. The van der Waals surface area contributed by atoms with Gasteiger partial charge in [0.25, 0.3) is 0 Å². The van der Waals surface area contributed by atoms with Gasteiger partial charge in [-0.2, -0.15) is 5.10 Å². The van der Waals surface area contributed by atoms with Crippen molar-refractivity contribution in [2.45, 2.75) is 65.6 Å². The molecule has 0 aliphatic rings. The Morgan fingerprint density at radius 2 is 2.05 bits per heavy atom. The summed E-state index contributed by atoms with van der Waals surface area (Å²) in [6.07, 6.45) is 4.09. The molecule has 0 fully saturated rings. The zero-order chi connectivity index (χ0) is 14.3. The molecule has 1 rings (SSSR count). The highest BCUT2D eigenvalue weighted by atomic mass is 16.5. The molecule has 110 valence electrons. The molecule has 19 heavy (non-hydrogen) atoms. The van der Waals surface area contributed by atoms with Gasteiger partial charge in [0.05, 0.1) is 23.9 Å². The maximum Gasteiger partial charge on any atom is 0.0729 e. The van der Waals surface area contributed by atoms with Gasteiger partial charge in [-0.1, -0.05) is 13.8 Å². The van der Waals surface area contributed by atoms with Crippen molar-refractivity contribution in [3.8, 4) is 0 Å². The van der Waals surface area contributed by atoms with Crippen molar-refractivity contribution in [3.05, 3.63) is 18.0 Å². The summed E-state index contributed by atoms with van der Waals surface area (Å²) in [6, 6.07) is 2.31. The summed E-state index contributed by atoms with van der Waals surface area (Å²) in [6.45, 7) is 13.3. The molecular weight excluding hydrogens is 238 g/mol. The summed E-state index contributed by atoms with van der Waals surface area (Å²) in [5, 5.41) is 7.96. The lowest BCUT2D eigenvalue weighted by atomic mass is 10.1. The van der Waals surface area contributed by atoms with Gasteiger partial charge in [-0.3, -0.25) is 4.68 Å². The topological polar surface area (TPSA) is 39.1 Å². The van der Waals surface area contributed by atoms with Crippen LogP contribution in [0.2, 0.25) is 0 Å². The van der Waals surface area contributed by atoms with E-state index >= 15 is 0 Å². The average molecular weight is 267 g/mol. The van der Waals surface area contributed by atoms with Crippen LogP contribution in [0.5, 0.6) is 0 Å². The lowest BCUT2D eigenvalue weighted by molar-refractivity contribution is -0.0158. The Morgan fingerprint density at radius 3 is 2.63 bits per heavy atom. The van der Waals surface area contributed by atoms with Crippen molar-refractivity contribution in [2.75, 3.05) is 13.2 Å². The summed E-state index contributed by atoms with van der Waals surface area (Å²) < 4.78 is 8.02. The quantitative estimate of drug-likeness (QED) is 0.786. The standard InChI is InChI=1S/C15H29N3O/c1-6-9-16-13(12-19-15(3,4)5)14-8-10-17-18(14)11-7-2/h8,10,13,16H,6-7,9,11-12H2,1-5H3. The highest BCUT2D eigenvalue weighted by Gasteiger charge is 2.19. The average Bonchev–Trinajstić information content (AvgIpc) is 2.77. The van der Waals surface area contributed by atoms with Crippen LogP contribution in [0.25, 0.3) is 0 Å². The summed E-state index contributed by atoms with van der Waals surface area (Å²) in [7, 11) is 0. The van der Waals surface area contributed by atoms with Gasteiger partial charge in [0.15, 0.2) is 0 Å². The van der Waals surface area contributed by atoms with Gasteiger partial charge in [0, 0.05) is 12.7 Å². The van der Waals surface area contributed by atoms with E-state index in [4.69, 9.17) is 4.74 Å². The molecule has 1 N–H and O–H groups in total. The minimum atomic E-state index is -0.109. The van der Waals surface area contributed by atoms with Crippen LogP contribution in [0.3, 0.4) is 0 Å². The minimum Gasteiger partial charge on any atom is -0.374 e. The number of ether oxygens (including phenoxy) is 1. The fourth-order valence-corrected chi connectivity index (χ4v) is 1.94. The molecule has 1 atom stereocenters. The van der Waals surface area contributed by atoms with Crippen molar-refractivity contribution in [1.29, 1.82) is 0 Å². The van der Waals surface area contributed by atoms with Crippen LogP contribution in [0.1, 0.15) is 59.2 Å². The number of hydrogen-bond donors (Lipinski definition) is 1. The summed E-state index contributed by atoms with van der Waals surface area (Å²) in [5.74, 6) is 0. The van der Waals surface area contributed by atoms with E-state index in [0.29, 0.717) is 6.61 Å². The zero-order valence-corrected chi connectivity index (χ0v) is 13.1. The van der Waals surface area contributed by atoms with E-state index < -0.39 is 0 Å². The van der Waals surface area contributed by atoms with Gasteiger partial charge in [0.2, 0.25) is 0 Å². The monoisotopic (exact) mass is 267 g/mol. The number of nitrogens with one attached hydrogen (secondary N) is 1. The van der Waals surface area contributed by atoms with Crippen LogP contribution >= 0.6 is 0 Å². The fraction of sp³-hybridized carbons (Fsp3) is 0.800. The molecule has 0 radical (unpaired) electrons. The van der Waals surface area contributed by atoms with E-state index in [1.165, 1.54) is 5.69 Å². The molecule has 0 aliphatic carbocycles. The second-order valence-electron chi connectivity index (χ2n) is 5.91. The van der Waals surface area contributed by atoms with E-state index in [1.54, 1.807) is 0 Å². The molecule has 1 aromatic rings. The zero-order valence-electron chi connectivity index (χ0n) is 13.1. The number of hydrogen-bond acceptors (Lipinski definition) is 3. The second kappa shape index (κ2) is 7.65. The van der Waals surface area contributed by atoms with Crippen molar-refractivity contribution in [2.24, 2.45) is 0 Å². The third kappa shape index (κ3) is 5.74. The van der Waals surface area contributed by atoms with Gasteiger partial charge in [-0.05, 0) is 46.2 Å². The minimum absolute atomic E-state index is 0.109. The summed E-state index contributed by atoms with van der Waals surface area (Å²) >= 11 is 0. The predicted octanol–water partition coefficient (Wildman–Crippen LogP) is 3.15. The molecule has 0 saturated carbocycles. The molecule has 1 heterocycles. The maximum absolute atomic E-state index is 5.94. The Morgan fingerprint density at radius 1 is 1.32 bits per heavy atom. The number of rotatable bonds is 8. The number of aryl methyl sites for hydroxylation is 1. The van der Waals surface area contributed by atoms with Crippen LogP contribution < -0.4 is 5.32 Å². The van der Waals surface area contributed by atoms with Gasteiger partial charge in [0.1, 0.15) is 0 Å². The van der Waals surface area contributed by atoms with Gasteiger partial charge < -0.3 is 10.1 Å². The predicted molar refractivity (Wildman–Crippen MR) is 79.3 cm³/mol. The molecule has 0 saturated heterocycles. The maximum atomic E-state index is 5.94. The lowest BCUT2D eigenvalue weighted by Crippen LogP contribution is -2.32. The lowest BCUT2D eigenvalue weighted by Gasteiger charge is -2.25. The molecule has 0 bridgehead atoms. The van der Waals surface area contributed by atoms with E-state index in [0.717, 1.165) is 25.9 Å². The second-order valence-corrected chi connectivity index (χ2v) is 5.91. The summed E-state index contributed by atoms with van der Waals surface area (Å²) in [5.41, 5.74) is 1.11. The van der Waals surface area contributed by atoms with Crippen molar-refractivity contribution in [1.82, 2.24) is 15.1 Å². The van der Waals surface area contributed by atoms with Crippen LogP contribution in [0.15, 0.2) is 12.3 Å². The smallest absolute Gasteiger partial charge is 0.0729 e. The number of nitrogens with zero attached hydrogens (tertiary/aromatic N) is 2.